The molecule has 0 aromatic rings. The molecule has 0 aliphatic heterocycles. The maximum atomic E-state index is 12.8. The number of rotatable bonds is 46. The number of hydrogen-bond donors (Lipinski definition) is 0. The van der Waals surface area contributed by atoms with Gasteiger partial charge in [0.15, 0.2) is 6.10 Å². The number of carbonyl (C=O) groups is 3. The third-order valence-corrected chi connectivity index (χ3v) is 11.1. The summed E-state index contributed by atoms with van der Waals surface area (Å²) in [5, 5.41) is 0. The monoisotopic (exact) mass is 841 g/mol. The molecule has 0 aromatic carbocycles. The normalized spacial score (nSPS) is 12.4. The fourth-order valence-corrected chi connectivity index (χ4v) is 7.26. The van der Waals surface area contributed by atoms with Gasteiger partial charge < -0.3 is 14.2 Å². The van der Waals surface area contributed by atoms with Gasteiger partial charge in [0.05, 0.1) is 0 Å². The minimum absolute atomic E-state index is 0.0798. The quantitative estimate of drug-likeness (QED) is 0.0263. The number of carbonyl (C=O) groups excluding carboxylic acids is 3. The van der Waals surface area contributed by atoms with Crippen LogP contribution in [0.3, 0.4) is 0 Å². The van der Waals surface area contributed by atoms with Crippen molar-refractivity contribution in [3.05, 3.63) is 48.6 Å². The van der Waals surface area contributed by atoms with Gasteiger partial charge in [-0.15, -0.1) is 0 Å². The molecule has 0 N–H and O–H groups in total. The van der Waals surface area contributed by atoms with E-state index in [1.54, 1.807) is 0 Å². The van der Waals surface area contributed by atoms with E-state index in [9.17, 15) is 14.4 Å². The number of ether oxygens (including phenoxy) is 3. The van der Waals surface area contributed by atoms with Gasteiger partial charge in [-0.25, -0.2) is 0 Å². The summed E-state index contributed by atoms with van der Waals surface area (Å²) in [6.45, 7) is 6.51. The number of hydrogen-bond acceptors (Lipinski definition) is 6. The molecule has 0 heterocycles. The van der Waals surface area contributed by atoms with Crippen LogP contribution in [0, 0.1) is 0 Å². The molecule has 0 rings (SSSR count). The van der Waals surface area contributed by atoms with Crippen molar-refractivity contribution in [1.29, 1.82) is 0 Å². The largest absolute Gasteiger partial charge is 0.462 e. The third-order valence-electron chi connectivity index (χ3n) is 11.1. The summed E-state index contributed by atoms with van der Waals surface area (Å²) in [5.74, 6) is -0.904. The average molecular weight is 841 g/mol. The van der Waals surface area contributed by atoms with E-state index >= 15 is 0 Å². The Balaban J connectivity index is 4.39. The lowest BCUT2D eigenvalue weighted by atomic mass is 10.0. The summed E-state index contributed by atoms with van der Waals surface area (Å²) in [4.78, 5) is 37.9. The SMILES string of the molecule is CC/C=C\C/C=C\C/C=C\C/C=C\CCCCCC(=O)OCC(COC(=O)CCCCCCCCCCCCC)OC(=O)CCCCCCCCCCCCCCCCC. The number of esters is 3. The van der Waals surface area contributed by atoms with Crippen molar-refractivity contribution in [2.75, 3.05) is 13.2 Å². The van der Waals surface area contributed by atoms with Crippen molar-refractivity contribution < 1.29 is 28.6 Å². The first-order chi connectivity index (χ1) is 29.5. The van der Waals surface area contributed by atoms with Crippen LogP contribution in [0.2, 0.25) is 0 Å². The van der Waals surface area contributed by atoms with Gasteiger partial charge in [-0.1, -0.05) is 230 Å². The van der Waals surface area contributed by atoms with Gasteiger partial charge >= 0.3 is 17.9 Å². The lowest BCUT2D eigenvalue weighted by Gasteiger charge is -2.18. The van der Waals surface area contributed by atoms with Crippen LogP contribution in [0.4, 0.5) is 0 Å². The standard InChI is InChI=1S/C54H96O6/c1-4-7-10-13-16-19-22-24-26-28-29-32-35-38-41-44-47-53(56)59-50-51(49-58-52(55)46-43-40-37-34-31-21-18-15-12-9-6-3)60-54(57)48-45-42-39-36-33-30-27-25-23-20-17-14-11-8-5-2/h7,10,16,19,24,26,29,32,51H,4-6,8-9,11-15,17-18,20-23,25,27-28,30-31,33-50H2,1-3H3/b10-7-,19-16-,26-24-,32-29-. The predicted octanol–water partition coefficient (Wildman–Crippen LogP) is 16.7. The van der Waals surface area contributed by atoms with Crippen molar-refractivity contribution in [2.24, 2.45) is 0 Å². The van der Waals surface area contributed by atoms with E-state index < -0.39 is 6.10 Å². The molecule has 1 unspecified atom stereocenters. The molecule has 0 aliphatic carbocycles. The molecule has 0 fully saturated rings. The topological polar surface area (TPSA) is 78.9 Å². The van der Waals surface area contributed by atoms with Crippen LogP contribution in [-0.4, -0.2) is 37.2 Å². The minimum Gasteiger partial charge on any atom is -0.462 e. The Hall–Kier alpha value is -2.63. The molecule has 0 amide bonds. The summed E-state index contributed by atoms with van der Waals surface area (Å²) in [6.07, 6.45) is 58.1. The lowest BCUT2D eigenvalue weighted by Crippen LogP contribution is -2.30. The molecule has 0 bridgehead atoms. The molecule has 0 aliphatic rings. The molecule has 6 nitrogen and oxygen atoms in total. The second-order valence-electron chi connectivity index (χ2n) is 17.1. The zero-order chi connectivity index (χ0) is 43.7. The van der Waals surface area contributed by atoms with Crippen LogP contribution < -0.4 is 0 Å². The van der Waals surface area contributed by atoms with E-state index in [1.165, 1.54) is 128 Å². The predicted molar refractivity (Wildman–Crippen MR) is 256 cm³/mol. The van der Waals surface area contributed by atoms with Gasteiger partial charge in [0.2, 0.25) is 0 Å². The Morgan fingerprint density at radius 3 is 1.02 bits per heavy atom. The van der Waals surface area contributed by atoms with Gasteiger partial charge in [0, 0.05) is 19.3 Å². The van der Waals surface area contributed by atoms with E-state index in [4.69, 9.17) is 14.2 Å². The van der Waals surface area contributed by atoms with Crippen LogP contribution in [0.25, 0.3) is 0 Å². The fraction of sp³-hybridized carbons (Fsp3) is 0.796. The Morgan fingerprint density at radius 1 is 0.350 bits per heavy atom. The Kier molecular flexibility index (Phi) is 46.9. The van der Waals surface area contributed by atoms with Gasteiger partial charge in [0.1, 0.15) is 13.2 Å². The first-order valence-corrected chi connectivity index (χ1v) is 25.6. The second kappa shape index (κ2) is 49.0. The lowest BCUT2D eigenvalue weighted by molar-refractivity contribution is -0.167. The van der Waals surface area contributed by atoms with E-state index in [-0.39, 0.29) is 31.1 Å². The fourth-order valence-electron chi connectivity index (χ4n) is 7.26. The van der Waals surface area contributed by atoms with Crippen molar-refractivity contribution in [2.45, 2.75) is 264 Å². The zero-order valence-electron chi connectivity index (χ0n) is 39.7. The molecule has 6 heteroatoms. The van der Waals surface area contributed by atoms with E-state index in [2.05, 4.69) is 69.4 Å². The minimum atomic E-state index is -0.780. The Bertz CT molecular complexity index is 1060. The molecule has 348 valence electrons. The van der Waals surface area contributed by atoms with E-state index in [1.807, 2.05) is 0 Å². The van der Waals surface area contributed by atoms with E-state index in [0.717, 1.165) is 89.9 Å². The van der Waals surface area contributed by atoms with Crippen LogP contribution >= 0.6 is 0 Å². The summed E-state index contributed by atoms with van der Waals surface area (Å²) < 4.78 is 16.8. The van der Waals surface area contributed by atoms with Gasteiger partial charge in [-0.05, 0) is 57.8 Å². The number of allylic oxidation sites excluding steroid dienone is 8. The van der Waals surface area contributed by atoms with Crippen molar-refractivity contribution in [3.63, 3.8) is 0 Å². The smallest absolute Gasteiger partial charge is 0.306 e. The van der Waals surface area contributed by atoms with E-state index in [0.29, 0.717) is 19.3 Å². The number of unbranched alkanes of at least 4 members (excludes halogenated alkanes) is 27. The van der Waals surface area contributed by atoms with Crippen molar-refractivity contribution in [3.8, 4) is 0 Å². The molecule has 1 atom stereocenters. The molecular weight excluding hydrogens is 745 g/mol. The first-order valence-electron chi connectivity index (χ1n) is 25.6. The summed E-state index contributed by atoms with van der Waals surface area (Å²) in [5.41, 5.74) is 0. The van der Waals surface area contributed by atoms with Gasteiger partial charge in [0.25, 0.3) is 0 Å². The second-order valence-corrected chi connectivity index (χ2v) is 17.1. The Labute approximate surface area is 371 Å². The van der Waals surface area contributed by atoms with Gasteiger partial charge in [-0.2, -0.15) is 0 Å². The zero-order valence-corrected chi connectivity index (χ0v) is 39.7. The molecule has 0 saturated carbocycles. The van der Waals surface area contributed by atoms with Crippen LogP contribution in [0.15, 0.2) is 48.6 Å². The highest BCUT2D eigenvalue weighted by atomic mass is 16.6. The molecular formula is C54H96O6. The molecule has 0 aromatic heterocycles. The van der Waals surface area contributed by atoms with Crippen molar-refractivity contribution in [1.82, 2.24) is 0 Å². The average Bonchev–Trinajstić information content (AvgIpc) is 3.24. The van der Waals surface area contributed by atoms with Crippen LogP contribution in [-0.2, 0) is 28.6 Å². The first kappa shape index (κ1) is 57.4. The Morgan fingerprint density at radius 2 is 0.650 bits per heavy atom. The molecule has 60 heavy (non-hydrogen) atoms. The van der Waals surface area contributed by atoms with Crippen LogP contribution in [0.5, 0.6) is 0 Å². The van der Waals surface area contributed by atoms with Crippen molar-refractivity contribution >= 4 is 17.9 Å². The highest BCUT2D eigenvalue weighted by Crippen LogP contribution is 2.16. The van der Waals surface area contributed by atoms with Crippen LogP contribution in [0.1, 0.15) is 258 Å². The third kappa shape index (κ3) is 46.4. The van der Waals surface area contributed by atoms with Gasteiger partial charge in [-0.3, -0.25) is 14.4 Å². The summed E-state index contributed by atoms with van der Waals surface area (Å²) in [7, 11) is 0. The maximum Gasteiger partial charge on any atom is 0.306 e. The molecule has 0 radical (unpaired) electrons. The molecule has 0 spiro atoms. The summed E-state index contributed by atoms with van der Waals surface area (Å²) in [6, 6.07) is 0. The highest BCUT2D eigenvalue weighted by molar-refractivity contribution is 5.71. The maximum absolute atomic E-state index is 12.8. The highest BCUT2D eigenvalue weighted by Gasteiger charge is 2.19. The summed E-state index contributed by atoms with van der Waals surface area (Å²) >= 11 is 0. The molecule has 0 saturated heterocycles.